The summed E-state index contributed by atoms with van der Waals surface area (Å²) in [5.74, 6) is -0.611. The molecule has 0 aliphatic rings. The molecule has 0 aromatic heterocycles. The van der Waals surface area contributed by atoms with Crippen molar-refractivity contribution in [1.82, 2.24) is 0 Å². The van der Waals surface area contributed by atoms with Crippen LogP contribution in [-0.4, -0.2) is 46.9 Å². The normalized spacial score (nSPS) is 12.7. The van der Waals surface area contributed by atoms with Gasteiger partial charge in [0, 0.05) is 34.9 Å². The molecular weight excluding hydrogens is 490 g/mol. The molecule has 7 heteroatoms. The molecule has 0 saturated heterocycles. The molecule has 0 N–H and O–H groups in total. The molecule has 0 spiro atoms. The zero-order chi connectivity index (χ0) is 20.5. The third-order valence-electron chi connectivity index (χ3n) is 4.06. The first-order valence-electron chi connectivity index (χ1n) is 9.85. The van der Waals surface area contributed by atoms with Crippen molar-refractivity contribution < 1.29 is 19.8 Å². The van der Waals surface area contributed by atoms with Gasteiger partial charge in [0.15, 0.2) is 0 Å². The molecule has 0 heterocycles. The van der Waals surface area contributed by atoms with E-state index in [9.17, 15) is 19.8 Å². The number of carbonyl (C=O) groups is 2. The largest absolute Gasteiger partial charge is 0.549 e. The fourth-order valence-electron chi connectivity index (χ4n) is 2.37. The zero-order valence-electron chi connectivity index (χ0n) is 17.4. The summed E-state index contributed by atoms with van der Waals surface area (Å²) in [6.45, 7) is 8.79. The molecule has 0 saturated carbocycles. The summed E-state index contributed by atoms with van der Waals surface area (Å²) in [7, 11) is 0. The quantitative estimate of drug-likeness (QED) is 0.207. The topological polar surface area (TPSA) is 80.3 Å². The van der Waals surface area contributed by atoms with Crippen LogP contribution < -0.4 is 10.2 Å². The van der Waals surface area contributed by atoms with Gasteiger partial charge in [-0.2, -0.15) is 25.3 Å². The Balaban J connectivity index is -0.000000411. The van der Waals surface area contributed by atoms with Crippen molar-refractivity contribution >= 4 is 61.6 Å². The van der Waals surface area contributed by atoms with E-state index >= 15 is 0 Å². The van der Waals surface area contributed by atoms with E-state index in [1.54, 1.807) is 0 Å². The second-order valence-electron chi connectivity index (χ2n) is 7.73. The van der Waals surface area contributed by atoms with Crippen molar-refractivity contribution in [2.45, 2.75) is 102 Å². The Morgan fingerprint density at radius 3 is 1.11 bits per heavy atom. The van der Waals surface area contributed by atoms with Crippen LogP contribution in [0.3, 0.4) is 0 Å². The third kappa shape index (κ3) is 26.5. The van der Waals surface area contributed by atoms with Gasteiger partial charge in [-0.25, -0.2) is 0 Å². The summed E-state index contributed by atoms with van der Waals surface area (Å²) >= 11 is 7.81. The van der Waals surface area contributed by atoms with E-state index in [0.717, 1.165) is 37.5 Å². The molecule has 0 rings (SSSR count). The van der Waals surface area contributed by atoms with Crippen molar-refractivity contribution in [1.29, 1.82) is 0 Å². The monoisotopic (exact) mass is 527 g/mol. The van der Waals surface area contributed by atoms with E-state index in [1.165, 1.54) is 25.7 Å². The summed E-state index contributed by atoms with van der Waals surface area (Å²) < 4.78 is 0. The van der Waals surface area contributed by atoms with Gasteiger partial charge in [0.1, 0.15) is 0 Å². The summed E-state index contributed by atoms with van der Waals surface area (Å²) in [6.07, 6.45) is 10.2. The maximum atomic E-state index is 10.3. The minimum absolute atomic E-state index is 0. The van der Waals surface area contributed by atoms with Crippen molar-refractivity contribution in [2.75, 3.05) is 0 Å². The fourth-order valence-corrected chi connectivity index (χ4v) is 2.73. The van der Waals surface area contributed by atoms with Gasteiger partial charge >= 0.3 is 0 Å². The minimum Gasteiger partial charge on any atom is -0.549 e. The predicted molar refractivity (Wildman–Crippen MR) is 117 cm³/mol. The van der Waals surface area contributed by atoms with Gasteiger partial charge in [0.05, 0.1) is 11.9 Å². The SMILES string of the molecule is CC(C)CCCCCC(S)C(=O)[O-].CC(C)CCCCCC(S)C(=O)[O-].[Sb]. The maximum absolute atomic E-state index is 10.3. The van der Waals surface area contributed by atoms with Gasteiger partial charge in [-0.15, -0.1) is 0 Å². The maximum Gasteiger partial charge on any atom is 0.0541 e. The number of hydrogen-bond acceptors (Lipinski definition) is 6. The summed E-state index contributed by atoms with van der Waals surface area (Å²) in [4.78, 5) is 20.6. The van der Waals surface area contributed by atoms with Crippen LogP contribution in [0.4, 0.5) is 0 Å². The van der Waals surface area contributed by atoms with Crippen LogP contribution in [0.5, 0.6) is 0 Å². The Hall–Kier alpha value is 0.458. The second kappa shape index (κ2) is 21.2. The number of hydrogen-bond donors (Lipinski definition) is 2. The summed E-state index contributed by atoms with van der Waals surface area (Å²) in [5.41, 5.74) is 0. The first-order valence-corrected chi connectivity index (χ1v) is 10.9. The molecule has 0 aliphatic heterocycles. The van der Waals surface area contributed by atoms with Gasteiger partial charge in [0.2, 0.25) is 0 Å². The summed E-state index contributed by atoms with van der Waals surface area (Å²) in [6, 6.07) is 0. The van der Waals surface area contributed by atoms with E-state index in [4.69, 9.17) is 0 Å². The molecule has 0 aromatic carbocycles. The second-order valence-corrected chi connectivity index (χ2v) is 8.98. The molecule has 0 fully saturated rings. The number of unbranched alkanes of at least 4 members (excludes halogenated alkanes) is 4. The zero-order valence-corrected chi connectivity index (χ0v) is 21.7. The van der Waals surface area contributed by atoms with E-state index in [2.05, 4.69) is 53.0 Å². The molecule has 4 nitrogen and oxygen atoms in total. The Labute approximate surface area is 194 Å². The number of carboxylic acid groups (broad SMARTS) is 2. The first kappa shape index (κ1) is 32.1. The van der Waals surface area contributed by atoms with Crippen LogP contribution in [0.2, 0.25) is 0 Å². The van der Waals surface area contributed by atoms with E-state index in [1.807, 2.05) is 0 Å². The Bertz CT molecular complexity index is 332. The smallest absolute Gasteiger partial charge is 0.0541 e. The molecule has 0 aliphatic carbocycles. The summed E-state index contributed by atoms with van der Waals surface area (Å²) in [5, 5.41) is 19.4. The van der Waals surface area contributed by atoms with Gasteiger partial charge in [-0.1, -0.05) is 79.1 Å². The number of carbonyl (C=O) groups excluding carboxylic acids is 2. The molecule has 0 bridgehead atoms. The van der Waals surface area contributed by atoms with Gasteiger partial charge in [-0.05, 0) is 24.7 Å². The van der Waals surface area contributed by atoms with E-state index in [-0.39, 0.29) is 24.4 Å². The molecule has 2 atom stereocenters. The van der Waals surface area contributed by atoms with Crippen LogP contribution >= 0.6 is 25.3 Å². The first-order chi connectivity index (χ1) is 12.1. The number of rotatable bonds is 14. The molecule has 2 unspecified atom stereocenters. The Morgan fingerprint density at radius 1 is 0.630 bits per heavy atom. The molecule has 0 aromatic rings. The van der Waals surface area contributed by atoms with Crippen LogP contribution in [0.25, 0.3) is 0 Å². The Kier molecular flexibility index (Phi) is 25.2. The number of carboxylic acids is 2. The fraction of sp³-hybridized carbons (Fsp3) is 0.900. The van der Waals surface area contributed by atoms with Crippen LogP contribution in [-0.2, 0) is 9.59 Å². The third-order valence-corrected chi connectivity index (χ3v) is 5.00. The van der Waals surface area contributed by atoms with Crippen molar-refractivity contribution in [3.05, 3.63) is 0 Å². The minimum atomic E-state index is -1.05. The predicted octanol–water partition coefficient (Wildman–Crippen LogP) is 2.90. The van der Waals surface area contributed by atoms with Crippen LogP contribution in [0.15, 0.2) is 0 Å². The van der Waals surface area contributed by atoms with Gasteiger partial charge in [-0.3, -0.25) is 0 Å². The molecular formula is C20H38O4S2Sb-2. The van der Waals surface area contributed by atoms with Gasteiger partial charge in [0.25, 0.3) is 0 Å². The Morgan fingerprint density at radius 2 is 0.889 bits per heavy atom. The van der Waals surface area contributed by atoms with E-state index < -0.39 is 22.4 Å². The molecule has 3 radical (unpaired) electrons. The van der Waals surface area contributed by atoms with Crippen LogP contribution in [0.1, 0.15) is 91.9 Å². The van der Waals surface area contributed by atoms with Crippen molar-refractivity contribution in [3.63, 3.8) is 0 Å². The van der Waals surface area contributed by atoms with Crippen molar-refractivity contribution in [2.24, 2.45) is 11.8 Å². The average Bonchev–Trinajstić information content (AvgIpc) is 2.53. The molecule has 27 heavy (non-hydrogen) atoms. The van der Waals surface area contributed by atoms with Crippen molar-refractivity contribution in [3.8, 4) is 0 Å². The van der Waals surface area contributed by atoms with E-state index in [0.29, 0.717) is 12.8 Å². The average molecular weight is 528 g/mol. The molecule has 0 amide bonds. The number of thiol groups is 2. The molecule has 161 valence electrons. The standard InChI is InChI=1S/2C10H20O2S.Sb/c2*1-8(2)6-4-3-5-7-9(13)10(11)12;/h2*8-9,13H,3-7H2,1-2H3,(H,11,12);/p-2. The van der Waals surface area contributed by atoms with Gasteiger partial charge < -0.3 is 19.8 Å². The number of aliphatic carboxylic acids is 2. The van der Waals surface area contributed by atoms with Crippen LogP contribution in [0, 0.1) is 11.8 Å².